The number of aryl methyl sites for hydroxylation is 1. The third-order valence-electron chi connectivity index (χ3n) is 8.21. The molecule has 0 bridgehead atoms. The quantitative estimate of drug-likeness (QED) is 0.0476. The predicted molar refractivity (Wildman–Crippen MR) is 203 cm³/mol. The van der Waals surface area contributed by atoms with Crippen molar-refractivity contribution in [2.75, 3.05) is 52.9 Å². The van der Waals surface area contributed by atoms with Gasteiger partial charge < -0.3 is 28.4 Å². The van der Waals surface area contributed by atoms with Gasteiger partial charge in [-0.2, -0.15) is 0 Å². The molecule has 0 saturated carbocycles. The predicted octanol–water partition coefficient (Wildman–Crippen LogP) is 8.14. The van der Waals surface area contributed by atoms with E-state index in [0.717, 1.165) is 22.3 Å². The third kappa shape index (κ3) is 11.9. The van der Waals surface area contributed by atoms with E-state index >= 15 is 0 Å². The molecule has 0 spiro atoms. The molecule has 0 atom stereocenters. The van der Waals surface area contributed by atoms with Crippen LogP contribution in [-0.4, -0.2) is 70.6 Å². The van der Waals surface area contributed by atoms with Crippen LogP contribution in [-0.2, 0) is 28.5 Å². The zero-order valence-corrected chi connectivity index (χ0v) is 30.3. The lowest BCUT2D eigenvalue weighted by atomic mass is 9.96. The zero-order valence-electron chi connectivity index (χ0n) is 30.3. The van der Waals surface area contributed by atoms with Crippen LogP contribution >= 0.6 is 0 Å². The highest BCUT2D eigenvalue weighted by Crippen LogP contribution is 2.31. The van der Waals surface area contributed by atoms with Crippen LogP contribution in [0.1, 0.15) is 35.3 Å². The Morgan fingerprint density at radius 3 is 1.21 bits per heavy atom. The Kier molecular flexibility index (Phi) is 14.3. The summed E-state index contributed by atoms with van der Waals surface area (Å²) in [5.74, 6) is -0.0888. The van der Waals surface area contributed by atoms with Gasteiger partial charge in [0, 0.05) is 25.0 Å². The van der Waals surface area contributed by atoms with Crippen molar-refractivity contribution in [3.8, 4) is 44.9 Å². The fourth-order valence-corrected chi connectivity index (χ4v) is 5.43. The molecule has 274 valence electrons. The van der Waals surface area contributed by atoms with Crippen molar-refractivity contribution in [3.05, 3.63) is 132 Å². The summed E-state index contributed by atoms with van der Waals surface area (Å²) < 4.78 is 32.5. The molecule has 0 fully saturated rings. The van der Waals surface area contributed by atoms with Gasteiger partial charge in [-0.1, -0.05) is 103 Å². The molecule has 9 heteroatoms. The molecule has 0 aliphatic rings. The van der Waals surface area contributed by atoms with Crippen molar-refractivity contribution in [2.24, 2.45) is 0 Å². The van der Waals surface area contributed by atoms with Gasteiger partial charge in [-0.25, -0.2) is 0 Å². The lowest BCUT2D eigenvalue weighted by molar-refractivity contribution is -0.143. The Morgan fingerprint density at radius 1 is 0.415 bits per heavy atom. The standard InChI is InChI=1S/C44H44O9/c1-31-4-6-34(7-5-31)35-8-10-36(11-9-35)37-12-14-38(15-13-37)39-16-18-40(19-17-39)44(47)41-20-21-42(52-28-24-48-22-26-50-32(2)45)43(30-41)53-29-25-49-23-27-51-33(3)46/h4-21,30H,22-29H2,1-3H3. The molecule has 0 aliphatic carbocycles. The normalized spacial score (nSPS) is 10.8. The average molecular weight is 717 g/mol. The highest BCUT2D eigenvalue weighted by Gasteiger charge is 2.15. The van der Waals surface area contributed by atoms with E-state index in [-0.39, 0.29) is 70.6 Å². The van der Waals surface area contributed by atoms with Crippen molar-refractivity contribution in [1.29, 1.82) is 0 Å². The van der Waals surface area contributed by atoms with Crippen LogP contribution in [0.25, 0.3) is 33.4 Å². The Bertz CT molecular complexity index is 1930. The minimum Gasteiger partial charge on any atom is -0.487 e. The summed E-state index contributed by atoms with van der Waals surface area (Å²) in [7, 11) is 0. The maximum Gasteiger partial charge on any atom is 0.302 e. The monoisotopic (exact) mass is 716 g/mol. The summed E-state index contributed by atoms with van der Waals surface area (Å²) in [6.07, 6.45) is 0. The SMILES string of the molecule is CC(=O)OCCOCCOc1ccc(C(=O)c2ccc(-c3ccc(-c4ccc(-c5ccc(C)cc5)cc4)cc3)cc2)cc1OCCOCCOC(C)=O. The van der Waals surface area contributed by atoms with Crippen LogP contribution in [0.2, 0.25) is 0 Å². The summed E-state index contributed by atoms with van der Waals surface area (Å²) in [5, 5.41) is 0. The zero-order chi connectivity index (χ0) is 37.4. The second-order valence-corrected chi connectivity index (χ2v) is 12.2. The van der Waals surface area contributed by atoms with Gasteiger partial charge in [-0.3, -0.25) is 14.4 Å². The fourth-order valence-electron chi connectivity index (χ4n) is 5.43. The Labute approximate surface area is 310 Å². The van der Waals surface area contributed by atoms with Gasteiger partial charge in [0.1, 0.15) is 26.4 Å². The number of carbonyl (C=O) groups is 3. The van der Waals surface area contributed by atoms with E-state index in [4.69, 9.17) is 28.4 Å². The van der Waals surface area contributed by atoms with Crippen molar-refractivity contribution in [1.82, 2.24) is 0 Å². The molecule has 0 unspecified atom stereocenters. The maximum atomic E-state index is 13.6. The molecule has 5 aromatic carbocycles. The van der Waals surface area contributed by atoms with Gasteiger partial charge in [0.05, 0.1) is 26.4 Å². The highest BCUT2D eigenvalue weighted by atomic mass is 16.6. The number of benzene rings is 5. The smallest absolute Gasteiger partial charge is 0.302 e. The Hall–Kier alpha value is -5.77. The first-order chi connectivity index (χ1) is 25.8. The molecule has 0 amide bonds. The number of esters is 2. The lowest BCUT2D eigenvalue weighted by Gasteiger charge is -2.15. The molecule has 5 rings (SSSR count). The van der Waals surface area contributed by atoms with Crippen LogP contribution in [0.5, 0.6) is 11.5 Å². The third-order valence-corrected chi connectivity index (χ3v) is 8.21. The second kappa shape index (κ2) is 19.7. The van der Waals surface area contributed by atoms with Gasteiger partial charge in [0.25, 0.3) is 0 Å². The van der Waals surface area contributed by atoms with Gasteiger partial charge >= 0.3 is 11.9 Å². The lowest BCUT2D eigenvalue weighted by Crippen LogP contribution is -2.14. The summed E-state index contributed by atoms with van der Waals surface area (Å²) in [6.45, 7) is 6.46. The molecule has 0 heterocycles. The Morgan fingerprint density at radius 2 is 0.774 bits per heavy atom. The molecule has 0 aromatic heterocycles. The van der Waals surface area contributed by atoms with Gasteiger partial charge in [0.2, 0.25) is 0 Å². The van der Waals surface area contributed by atoms with E-state index in [0.29, 0.717) is 22.6 Å². The largest absolute Gasteiger partial charge is 0.487 e. The molecule has 0 radical (unpaired) electrons. The number of ether oxygens (including phenoxy) is 6. The second-order valence-electron chi connectivity index (χ2n) is 12.2. The molecule has 0 N–H and O–H groups in total. The van der Waals surface area contributed by atoms with Crippen molar-refractivity contribution in [2.45, 2.75) is 20.8 Å². The van der Waals surface area contributed by atoms with Crippen LogP contribution in [0.3, 0.4) is 0 Å². The van der Waals surface area contributed by atoms with Crippen LogP contribution in [0.4, 0.5) is 0 Å². The minimum absolute atomic E-state index is 0.152. The Balaban J connectivity index is 1.20. The fraction of sp³-hybridized carbons (Fsp3) is 0.250. The summed E-state index contributed by atoms with van der Waals surface area (Å²) in [4.78, 5) is 35.4. The van der Waals surface area contributed by atoms with Crippen LogP contribution in [0, 0.1) is 6.92 Å². The topological polar surface area (TPSA) is 107 Å². The van der Waals surface area contributed by atoms with Crippen molar-refractivity contribution >= 4 is 17.7 Å². The molecular formula is C44H44O9. The number of hydrogen-bond acceptors (Lipinski definition) is 9. The van der Waals surface area contributed by atoms with E-state index in [2.05, 4.69) is 79.7 Å². The number of hydrogen-bond donors (Lipinski definition) is 0. The van der Waals surface area contributed by atoms with E-state index in [1.54, 1.807) is 18.2 Å². The van der Waals surface area contributed by atoms with Gasteiger partial charge in [-0.15, -0.1) is 0 Å². The first-order valence-electron chi connectivity index (χ1n) is 17.5. The van der Waals surface area contributed by atoms with E-state index in [9.17, 15) is 14.4 Å². The van der Waals surface area contributed by atoms with E-state index in [1.807, 2.05) is 24.3 Å². The number of ketones is 1. The first-order valence-corrected chi connectivity index (χ1v) is 17.5. The van der Waals surface area contributed by atoms with Crippen molar-refractivity contribution in [3.63, 3.8) is 0 Å². The van der Waals surface area contributed by atoms with Gasteiger partial charge in [-0.05, 0) is 58.5 Å². The summed E-state index contributed by atoms with van der Waals surface area (Å²) in [5.41, 5.74) is 8.91. The summed E-state index contributed by atoms with van der Waals surface area (Å²) in [6, 6.07) is 38.1. The highest BCUT2D eigenvalue weighted by molar-refractivity contribution is 6.09. The molecule has 0 saturated heterocycles. The number of rotatable bonds is 19. The van der Waals surface area contributed by atoms with E-state index in [1.165, 1.54) is 30.5 Å². The molecule has 53 heavy (non-hydrogen) atoms. The average Bonchev–Trinajstić information content (AvgIpc) is 3.17. The van der Waals surface area contributed by atoms with E-state index < -0.39 is 0 Å². The van der Waals surface area contributed by atoms with Gasteiger partial charge in [0.15, 0.2) is 17.3 Å². The van der Waals surface area contributed by atoms with Crippen LogP contribution < -0.4 is 9.47 Å². The maximum absolute atomic E-state index is 13.6. The molecule has 9 nitrogen and oxygen atoms in total. The molecular weight excluding hydrogens is 672 g/mol. The minimum atomic E-state index is -0.372. The first kappa shape index (κ1) is 38.5. The molecule has 5 aromatic rings. The summed E-state index contributed by atoms with van der Waals surface area (Å²) >= 11 is 0. The number of carbonyl (C=O) groups excluding carboxylic acids is 3. The van der Waals surface area contributed by atoms with Crippen molar-refractivity contribution < 1.29 is 42.8 Å². The van der Waals surface area contributed by atoms with Crippen LogP contribution in [0.15, 0.2) is 115 Å². The molecule has 0 aliphatic heterocycles.